The Morgan fingerprint density at radius 2 is 0.323 bits per heavy atom. The average molecular weight is 870 g/mol. The van der Waals surface area contributed by atoms with Crippen LogP contribution in [0.25, 0.3) is 0 Å². The molecule has 0 unspecified atom stereocenters. The second kappa shape index (κ2) is 55.3. The predicted octanol–water partition coefficient (Wildman–Crippen LogP) is 24.0. The van der Waals surface area contributed by atoms with Gasteiger partial charge in [0, 0.05) is 0 Å². The van der Waals surface area contributed by atoms with Crippen molar-refractivity contribution in [3.63, 3.8) is 0 Å². The molecule has 0 atom stereocenters. The van der Waals surface area contributed by atoms with Crippen LogP contribution in [0.1, 0.15) is 392 Å². The van der Waals surface area contributed by atoms with Crippen LogP contribution in [-0.2, 0) is 0 Å². The molecule has 0 amide bonds. The van der Waals surface area contributed by atoms with Gasteiger partial charge >= 0.3 is 0 Å². The zero-order valence-electron chi connectivity index (χ0n) is 44.0. The summed E-state index contributed by atoms with van der Waals surface area (Å²) >= 11 is 0. The first kappa shape index (κ1) is 60.0. The number of rotatable bonds is 55. The summed E-state index contributed by atoms with van der Waals surface area (Å²) in [6.45, 7) is 2.31. The van der Waals surface area contributed by atoms with Crippen LogP contribution in [0.4, 0.5) is 0 Å². The molecular weight excluding hydrogens is 745 g/mol. The van der Waals surface area contributed by atoms with Gasteiger partial charge < -0.3 is 0 Å². The Balaban J connectivity index is 1.58. The molecule has 0 bridgehead atoms. The summed E-state index contributed by atoms with van der Waals surface area (Å²) in [7, 11) is 0. The highest BCUT2D eigenvalue weighted by atomic mass is 14.2. The molecule has 1 aliphatic rings. The fourth-order valence-corrected chi connectivity index (χ4v) is 11.2. The maximum absolute atomic E-state index is 2.31. The summed E-state index contributed by atoms with van der Waals surface area (Å²) < 4.78 is 0. The molecule has 1 saturated carbocycles. The fraction of sp³-hybridized carbons (Fsp3) is 1.00. The molecule has 62 heavy (non-hydrogen) atoms. The smallest absolute Gasteiger partial charge is 0.0414 e. The lowest BCUT2D eigenvalue weighted by atomic mass is 9.85. The van der Waals surface area contributed by atoms with Crippen molar-refractivity contribution in [1.29, 1.82) is 0 Å². The van der Waals surface area contributed by atoms with Crippen molar-refractivity contribution in [2.24, 2.45) is 5.92 Å². The van der Waals surface area contributed by atoms with Crippen molar-refractivity contribution in [1.82, 2.24) is 0 Å². The van der Waals surface area contributed by atoms with E-state index in [4.69, 9.17) is 0 Å². The molecule has 0 radical (unpaired) electrons. The Hall–Kier alpha value is 0. The molecule has 0 aromatic carbocycles. The van der Waals surface area contributed by atoms with E-state index in [9.17, 15) is 0 Å². The van der Waals surface area contributed by atoms with Gasteiger partial charge in [-0.25, -0.2) is 0 Å². The first-order valence-corrected chi connectivity index (χ1v) is 30.9. The van der Waals surface area contributed by atoms with E-state index in [-0.39, 0.29) is 0 Å². The topological polar surface area (TPSA) is 0 Å². The van der Waals surface area contributed by atoms with Crippen LogP contribution in [0.3, 0.4) is 0 Å². The van der Waals surface area contributed by atoms with Gasteiger partial charge in [0.25, 0.3) is 0 Å². The summed E-state index contributed by atoms with van der Waals surface area (Å²) in [4.78, 5) is 0. The maximum atomic E-state index is 2.31. The predicted molar refractivity (Wildman–Crippen MR) is 286 cm³/mol. The first-order valence-electron chi connectivity index (χ1n) is 30.9. The molecule has 372 valence electrons. The highest BCUT2D eigenvalue weighted by Crippen LogP contribution is 2.28. The second-order valence-corrected chi connectivity index (χ2v) is 22.0. The molecule has 0 aromatic rings. The summed E-state index contributed by atoms with van der Waals surface area (Å²) in [5.74, 6) is 1.10. The third-order valence-electron chi connectivity index (χ3n) is 15.7. The number of hydrogen-bond donors (Lipinski definition) is 0. The van der Waals surface area contributed by atoms with E-state index >= 15 is 0 Å². The van der Waals surface area contributed by atoms with Gasteiger partial charge in [-0.15, -0.1) is 0 Å². The van der Waals surface area contributed by atoms with Crippen molar-refractivity contribution in [2.75, 3.05) is 0 Å². The Labute approximate surface area is 396 Å². The zero-order valence-corrected chi connectivity index (χ0v) is 44.0. The third kappa shape index (κ3) is 51.0. The maximum Gasteiger partial charge on any atom is -0.0414 e. The van der Waals surface area contributed by atoms with Crippen LogP contribution >= 0.6 is 0 Å². The van der Waals surface area contributed by atoms with E-state index in [0.717, 1.165) is 5.92 Å². The molecule has 0 saturated heterocycles. The first-order chi connectivity index (χ1) is 30.9. The van der Waals surface area contributed by atoms with E-state index in [1.165, 1.54) is 366 Å². The van der Waals surface area contributed by atoms with Crippen LogP contribution in [-0.4, -0.2) is 0 Å². The molecule has 0 nitrogen and oxygen atoms in total. The Kier molecular flexibility index (Phi) is 53.6. The van der Waals surface area contributed by atoms with E-state index in [1.807, 2.05) is 0 Å². The highest BCUT2D eigenvalue weighted by molar-refractivity contribution is 4.66. The van der Waals surface area contributed by atoms with Gasteiger partial charge in [-0.1, -0.05) is 392 Å². The molecule has 0 N–H and O–H groups in total. The summed E-state index contributed by atoms with van der Waals surface area (Å²) in [6, 6.07) is 0. The van der Waals surface area contributed by atoms with E-state index in [1.54, 1.807) is 19.3 Å². The van der Waals surface area contributed by atoms with Crippen LogP contribution in [0.5, 0.6) is 0 Å². The molecule has 1 aliphatic carbocycles. The lowest BCUT2D eigenvalue weighted by molar-refractivity contribution is 0.328. The van der Waals surface area contributed by atoms with Gasteiger partial charge in [-0.3, -0.25) is 0 Å². The minimum absolute atomic E-state index is 1.10. The minimum atomic E-state index is 1.10. The standard InChI is InChI=1S/C62H124/c1-2-3-4-5-6-7-8-9-10-11-12-13-14-15-16-17-18-19-20-21-22-23-24-25-26-27-28-29-30-31-32-33-34-35-36-37-38-39-40-41-42-43-44-45-46-47-48-49-50-51-52-53-54-56-59-62-60-57-55-58-61-62/h62H,2-61H2,1H3. The van der Waals surface area contributed by atoms with Gasteiger partial charge in [-0.2, -0.15) is 0 Å². The van der Waals surface area contributed by atoms with Crippen LogP contribution in [0, 0.1) is 5.92 Å². The number of unbranched alkanes of at least 4 members (excludes halogenated alkanes) is 53. The quantitative estimate of drug-likeness (QED) is 0.0534. The van der Waals surface area contributed by atoms with Crippen molar-refractivity contribution in [3.05, 3.63) is 0 Å². The van der Waals surface area contributed by atoms with E-state index in [0.29, 0.717) is 0 Å². The van der Waals surface area contributed by atoms with Crippen molar-refractivity contribution >= 4 is 0 Å². The Bertz CT molecular complexity index is 747. The summed E-state index contributed by atoms with van der Waals surface area (Å²) in [5.41, 5.74) is 0. The van der Waals surface area contributed by atoms with Crippen LogP contribution < -0.4 is 0 Å². The van der Waals surface area contributed by atoms with E-state index in [2.05, 4.69) is 6.92 Å². The summed E-state index contributed by atoms with van der Waals surface area (Å²) in [6.07, 6.45) is 89.9. The van der Waals surface area contributed by atoms with Crippen molar-refractivity contribution < 1.29 is 0 Å². The lowest BCUT2D eigenvalue weighted by Gasteiger charge is -2.21. The van der Waals surface area contributed by atoms with Gasteiger partial charge in [0.05, 0.1) is 0 Å². The van der Waals surface area contributed by atoms with Gasteiger partial charge in [0.1, 0.15) is 0 Å². The van der Waals surface area contributed by atoms with E-state index < -0.39 is 0 Å². The SMILES string of the molecule is CCCCCCCCCCCCCCCCCCCCCCCCCCCCCCCCCCCCCCCCCCCCCCCCCCCCCCCCC1CCCCC1. The Morgan fingerprint density at radius 3 is 0.484 bits per heavy atom. The normalized spacial score (nSPS) is 13.5. The number of hydrogen-bond acceptors (Lipinski definition) is 0. The van der Waals surface area contributed by atoms with Gasteiger partial charge in [-0.05, 0) is 5.92 Å². The summed E-state index contributed by atoms with van der Waals surface area (Å²) in [5, 5.41) is 0. The largest absolute Gasteiger partial charge is 0.0654 e. The molecular formula is C62H124. The van der Waals surface area contributed by atoms with Gasteiger partial charge in [0.2, 0.25) is 0 Å². The molecule has 0 spiro atoms. The van der Waals surface area contributed by atoms with Crippen molar-refractivity contribution in [2.45, 2.75) is 392 Å². The zero-order chi connectivity index (χ0) is 44.0. The molecule has 0 aliphatic heterocycles. The minimum Gasteiger partial charge on any atom is -0.0654 e. The van der Waals surface area contributed by atoms with Gasteiger partial charge in [0.15, 0.2) is 0 Å². The van der Waals surface area contributed by atoms with Crippen LogP contribution in [0.15, 0.2) is 0 Å². The molecule has 1 fully saturated rings. The molecule has 0 aromatic heterocycles. The van der Waals surface area contributed by atoms with Crippen molar-refractivity contribution in [3.8, 4) is 0 Å². The molecule has 1 rings (SSSR count). The monoisotopic (exact) mass is 869 g/mol. The average Bonchev–Trinajstić information content (AvgIpc) is 3.29. The molecule has 0 heterocycles. The molecule has 0 heteroatoms. The highest BCUT2D eigenvalue weighted by Gasteiger charge is 2.12. The Morgan fingerprint density at radius 1 is 0.177 bits per heavy atom. The fourth-order valence-electron chi connectivity index (χ4n) is 11.2. The van der Waals surface area contributed by atoms with Crippen LogP contribution in [0.2, 0.25) is 0 Å². The second-order valence-electron chi connectivity index (χ2n) is 22.0. The lowest BCUT2D eigenvalue weighted by Crippen LogP contribution is -2.05. The third-order valence-corrected chi connectivity index (χ3v) is 15.7.